The maximum absolute atomic E-state index is 14.0. The Morgan fingerprint density at radius 3 is 2.74 bits per heavy atom. The van der Waals surface area contributed by atoms with Crippen LogP contribution in [-0.2, 0) is 6.42 Å². The first-order valence-electron chi connectivity index (χ1n) is 5.86. The van der Waals surface area contributed by atoms with Crippen molar-refractivity contribution in [3.05, 3.63) is 68.4 Å². The molecular weight excluding hydrogens is 331 g/mol. The van der Waals surface area contributed by atoms with E-state index in [0.29, 0.717) is 10.9 Å². The maximum atomic E-state index is 14.0. The fourth-order valence-corrected chi connectivity index (χ4v) is 2.45. The second-order valence-electron chi connectivity index (χ2n) is 4.47. The minimum Gasteiger partial charge on any atom is -0.388 e. The summed E-state index contributed by atoms with van der Waals surface area (Å²) in [4.78, 5) is 0. The summed E-state index contributed by atoms with van der Waals surface area (Å²) in [6.07, 6.45) is -0.552. The van der Waals surface area contributed by atoms with Gasteiger partial charge in [0.25, 0.3) is 0 Å². The molecule has 0 bridgehead atoms. The minimum atomic E-state index is -0.910. The first-order valence-corrected chi connectivity index (χ1v) is 7.03. The number of hydrogen-bond acceptors (Lipinski definition) is 1. The summed E-state index contributed by atoms with van der Waals surface area (Å²) >= 11 is 8.97. The van der Waals surface area contributed by atoms with E-state index < -0.39 is 11.9 Å². The van der Waals surface area contributed by atoms with Crippen LogP contribution >= 0.6 is 27.5 Å². The van der Waals surface area contributed by atoms with Crippen molar-refractivity contribution in [2.24, 2.45) is 0 Å². The predicted octanol–water partition coefficient (Wildman–Crippen LogP) is 4.83. The Hall–Kier alpha value is -0.900. The minimum absolute atomic E-state index is 0.000734. The number of aliphatic hydroxyl groups is 1. The summed E-state index contributed by atoms with van der Waals surface area (Å²) in [5, 5.41) is 10.1. The molecule has 0 heterocycles. The van der Waals surface area contributed by atoms with Crippen molar-refractivity contribution in [1.82, 2.24) is 0 Å². The summed E-state index contributed by atoms with van der Waals surface area (Å²) in [6.45, 7) is 1.98. The highest BCUT2D eigenvalue weighted by Crippen LogP contribution is 2.31. The lowest BCUT2D eigenvalue weighted by molar-refractivity contribution is 0.173. The molecule has 0 saturated heterocycles. The van der Waals surface area contributed by atoms with E-state index in [1.807, 2.05) is 31.2 Å². The van der Waals surface area contributed by atoms with Gasteiger partial charge in [-0.05, 0) is 34.5 Å². The summed E-state index contributed by atoms with van der Waals surface area (Å²) in [7, 11) is 0. The van der Waals surface area contributed by atoms with Crippen LogP contribution in [0.5, 0.6) is 0 Å². The lowest BCUT2D eigenvalue weighted by Gasteiger charge is -2.13. The summed E-state index contributed by atoms with van der Waals surface area (Å²) in [5.74, 6) is -0.573. The molecule has 0 aliphatic heterocycles. The Kier molecular flexibility index (Phi) is 4.61. The molecule has 0 fully saturated rings. The molecule has 1 nitrogen and oxygen atoms in total. The zero-order valence-electron chi connectivity index (χ0n) is 10.3. The second-order valence-corrected chi connectivity index (χ2v) is 5.71. The average molecular weight is 344 g/mol. The first-order chi connectivity index (χ1) is 8.99. The van der Waals surface area contributed by atoms with Crippen molar-refractivity contribution >= 4 is 27.5 Å². The highest BCUT2D eigenvalue weighted by atomic mass is 79.9. The normalized spacial score (nSPS) is 12.5. The molecule has 0 aliphatic rings. The monoisotopic (exact) mass is 342 g/mol. The molecule has 0 amide bonds. The zero-order valence-corrected chi connectivity index (χ0v) is 12.7. The van der Waals surface area contributed by atoms with Gasteiger partial charge in [-0.1, -0.05) is 47.5 Å². The zero-order chi connectivity index (χ0) is 14.0. The van der Waals surface area contributed by atoms with E-state index in [4.69, 9.17) is 11.6 Å². The molecule has 4 heteroatoms. The van der Waals surface area contributed by atoms with Crippen LogP contribution in [0.1, 0.15) is 22.8 Å². The third kappa shape index (κ3) is 3.35. The predicted molar refractivity (Wildman–Crippen MR) is 79.0 cm³/mol. The molecule has 0 spiro atoms. The van der Waals surface area contributed by atoms with Crippen LogP contribution < -0.4 is 0 Å². The van der Waals surface area contributed by atoms with Crippen LogP contribution in [-0.4, -0.2) is 5.11 Å². The molecule has 0 radical (unpaired) electrons. The number of aryl methyl sites for hydroxylation is 1. The van der Waals surface area contributed by atoms with Gasteiger partial charge >= 0.3 is 0 Å². The second kappa shape index (κ2) is 6.04. The molecule has 2 aromatic carbocycles. The maximum Gasteiger partial charge on any atom is 0.148 e. The smallest absolute Gasteiger partial charge is 0.148 e. The Bertz CT molecular complexity index is 601. The van der Waals surface area contributed by atoms with E-state index in [-0.39, 0.29) is 10.6 Å². The van der Waals surface area contributed by atoms with Crippen molar-refractivity contribution in [2.45, 2.75) is 19.4 Å². The van der Waals surface area contributed by atoms with Crippen LogP contribution in [0.25, 0.3) is 0 Å². The van der Waals surface area contributed by atoms with Crippen molar-refractivity contribution in [3.8, 4) is 0 Å². The van der Waals surface area contributed by atoms with Gasteiger partial charge in [-0.2, -0.15) is 0 Å². The van der Waals surface area contributed by atoms with Crippen LogP contribution in [0.2, 0.25) is 5.02 Å². The van der Waals surface area contributed by atoms with Gasteiger partial charge < -0.3 is 5.11 Å². The number of aliphatic hydroxyl groups excluding tert-OH is 1. The number of halogens is 3. The molecule has 1 N–H and O–H groups in total. The van der Waals surface area contributed by atoms with Gasteiger partial charge in [0.05, 0.1) is 11.1 Å². The van der Waals surface area contributed by atoms with Gasteiger partial charge in [0.1, 0.15) is 5.82 Å². The highest BCUT2D eigenvalue weighted by Gasteiger charge is 2.17. The number of benzene rings is 2. The van der Waals surface area contributed by atoms with Gasteiger partial charge in [-0.3, -0.25) is 0 Å². The molecule has 1 unspecified atom stereocenters. The van der Waals surface area contributed by atoms with Gasteiger partial charge in [-0.25, -0.2) is 4.39 Å². The Balaban J connectivity index is 2.25. The van der Waals surface area contributed by atoms with Gasteiger partial charge in [0.2, 0.25) is 0 Å². The fraction of sp³-hybridized carbons (Fsp3) is 0.200. The van der Waals surface area contributed by atoms with E-state index in [9.17, 15) is 9.50 Å². The SMILES string of the molecule is Cc1cccc(CC(O)c2ccc(Br)c(Cl)c2F)c1. The van der Waals surface area contributed by atoms with Crippen molar-refractivity contribution in [2.75, 3.05) is 0 Å². The van der Waals surface area contributed by atoms with Crippen LogP contribution in [0.3, 0.4) is 0 Å². The third-order valence-corrected chi connectivity index (χ3v) is 4.19. The lowest BCUT2D eigenvalue weighted by atomic mass is 10.00. The molecule has 0 saturated carbocycles. The molecule has 2 rings (SSSR count). The average Bonchev–Trinajstić information content (AvgIpc) is 2.36. The Morgan fingerprint density at radius 2 is 2.05 bits per heavy atom. The van der Waals surface area contributed by atoms with E-state index in [2.05, 4.69) is 15.9 Å². The molecule has 1 atom stereocenters. The van der Waals surface area contributed by atoms with Crippen LogP contribution in [0.4, 0.5) is 4.39 Å². The van der Waals surface area contributed by atoms with Crippen molar-refractivity contribution in [3.63, 3.8) is 0 Å². The Labute approximate surface area is 125 Å². The number of rotatable bonds is 3. The van der Waals surface area contributed by atoms with Gasteiger partial charge in [-0.15, -0.1) is 0 Å². The largest absolute Gasteiger partial charge is 0.388 e. The molecule has 19 heavy (non-hydrogen) atoms. The molecule has 0 aliphatic carbocycles. The van der Waals surface area contributed by atoms with E-state index in [0.717, 1.165) is 11.1 Å². The lowest BCUT2D eigenvalue weighted by Crippen LogP contribution is -2.05. The highest BCUT2D eigenvalue weighted by molar-refractivity contribution is 9.10. The fourth-order valence-electron chi connectivity index (χ4n) is 1.97. The quantitative estimate of drug-likeness (QED) is 0.792. The molecule has 0 aromatic heterocycles. The van der Waals surface area contributed by atoms with E-state index in [1.165, 1.54) is 0 Å². The van der Waals surface area contributed by atoms with E-state index >= 15 is 0 Å². The van der Waals surface area contributed by atoms with Crippen LogP contribution in [0, 0.1) is 12.7 Å². The van der Waals surface area contributed by atoms with E-state index in [1.54, 1.807) is 12.1 Å². The summed E-state index contributed by atoms with van der Waals surface area (Å²) in [5.41, 5.74) is 2.29. The molecule has 100 valence electrons. The summed E-state index contributed by atoms with van der Waals surface area (Å²) in [6, 6.07) is 11.0. The van der Waals surface area contributed by atoms with Crippen LogP contribution in [0.15, 0.2) is 40.9 Å². The topological polar surface area (TPSA) is 20.2 Å². The summed E-state index contributed by atoms with van der Waals surface area (Å²) < 4.78 is 14.5. The standard InChI is InChI=1S/C15H13BrClFO/c1-9-3-2-4-10(7-9)8-13(19)11-5-6-12(16)14(17)15(11)18/h2-7,13,19H,8H2,1H3. The molecular formula is C15H13BrClFO. The molecule has 2 aromatic rings. The van der Waals surface area contributed by atoms with Gasteiger partial charge in [0.15, 0.2) is 0 Å². The van der Waals surface area contributed by atoms with Crippen molar-refractivity contribution in [1.29, 1.82) is 0 Å². The first kappa shape index (κ1) is 14.5. The Morgan fingerprint density at radius 1 is 1.32 bits per heavy atom. The third-order valence-electron chi connectivity index (χ3n) is 2.94. The van der Waals surface area contributed by atoms with Crippen molar-refractivity contribution < 1.29 is 9.50 Å². The number of hydrogen-bond donors (Lipinski definition) is 1. The van der Waals surface area contributed by atoms with Gasteiger partial charge in [0, 0.05) is 16.5 Å².